The molecule has 1 aromatic heterocycles. The van der Waals surface area contributed by atoms with Crippen LogP contribution in [0.2, 0.25) is 5.02 Å². The summed E-state index contributed by atoms with van der Waals surface area (Å²) in [6.07, 6.45) is 3.05. The molecule has 0 spiro atoms. The Labute approximate surface area is 198 Å². The lowest BCUT2D eigenvalue weighted by molar-refractivity contribution is -0.152. The van der Waals surface area contributed by atoms with Gasteiger partial charge in [-0.05, 0) is 56.5 Å². The molecule has 33 heavy (non-hydrogen) atoms. The molecular weight excluding hydrogens is 444 g/mol. The number of ether oxygens (including phenoxy) is 1. The van der Waals surface area contributed by atoms with E-state index in [1.807, 2.05) is 44.2 Å². The Bertz CT molecular complexity index is 1120. The van der Waals surface area contributed by atoms with Crippen molar-refractivity contribution in [2.24, 2.45) is 5.16 Å². The summed E-state index contributed by atoms with van der Waals surface area (Å²) in [6, 6.07) is 14.6. The zero-order chi connectivity index (χ0) is 24.0. The molecule has 0 fully saturated rings. The van der Waals surface area contributed by atoms with Crippen LogP contribution >= 0.6 is 11.6 Å². The summed E-state index contributed by atoms with van der Waals surface area (Å²) in [7, 11) is 0. The lowest BCUT2D eigenvalue weighted by atomic mass is 10.1. The van der Waals surface area contributed by atoms with Crippen molar-refractivity contribution in [1.82, 2.24) is 4.98 Å². The largest absolute Gasteiger partial charge is 0.478 e. The first-order valence-corrected chi connectivity index (χ1v) is 11.0. The first-order valence-electron chi connectivity index (χ1n) is 10.6. The summed E-state index contributed by atoms with van der Waals surface area (Å²) < 4.78 is 11.4. The number of halogens is 1. The molecule has 0 saturated carbocycles. The summed E-state index contributed by atoms with van der Waals surface area (Å²) in [4.78, 5) is 21.1. The zero-order valence-electron chi connectivity index (χ0n) is 19.0. The molecule has 0 atom stereocenters. The van der Waals surface area contributed by atoms with Gasteiger partial charge in [-0.2, -0.15) is 4.98 Å². The van der Waals surface area contributed by atoms with Gasteiger partial charge in [0.15, 0.2) is 11.4 Å². The Hall–Kier alpha value is -3.32. The molecule has 0 unspecified atom stereocenters. The molecule has 2 aromatic carbocycles. The summed E-state index contributed by atoms with van der Waals surface area (Å²) in [5, 5.41) is 13.7. The van der Waals surface area contributed by atoms with E-state index in [2.05, 4.69) is 10.1 Å². The number of oxazole rings is 1. The molecule has 3 rings (SSSR count). The Morgan fingerprint density at radius 1 is 1.21 bits per heavy atom. The van der Waals surface area contributed by atoms with E-state index in [4.69, 9.17) is 30.7 Å². The molecule has 0 aliphatic rings. The second kappa shape index (κ2) is 10.5. The van der Waals surface area contributed by atoms with E-state index in [0.29, 0.717) is 40.3 Å². The van der Waals surface area contributed by atoms with Gasteiger partial charge < -0.3 is 19.1 Å². The minimum Gasteiger partial charge on any atom is -0.478 e. The van der Waals surface area contributed by atoms with E-state index in [1.54, 1.807) is 24.4 Å². The van der Waals surface area contributed by atoms with Gasteiger partial charge in [-0.15, -0.1) is 0 Å². The predicted octanol–water partition coefficient (Wildman–Crippen LogP) is 6.36. The maximum absolute atomic E-state index is 11.2. The molecule has 0 aliphatic carbocycles. The topological polar surface area (TPSA) is 94.2 Å². The summed E-state index contributed by atoms with van der Waals surface area (Å²) >= 11 is 6.25. The van der Waals surface area contributed by atoms with Crippen molar-refractivity contribution in [3.8, 4) is 23.1 Å². The fourth-order valence-electron chi connectivity index (χ4n) is 2.93. The van der Waals surface area contributed by atoms with Crippen LogP contribution in [0.25, 0.3) is 11.5 Å². The maximum Gasteiger partial charge on any atom is 0.347 e. The second-order valence-corrected chi connectivity index (χ2v) is 8.71. The molecule has 8 heteroatoms. The Morgan fingerprint density at radius 3 is 2.55 bits per heavy atom. The molecule has 7 nitrogen and oxygen atoms in total. The number of hydrogen-bond acceptors (Lipinski definition) is 6. The van der Waals surface area contributed by atoms with Gasteiger partial charge >= 0.3 is 5.97 Å². The van der Waals surface area contributed by atoms with Gasteiger partial charge in [0.05, 0.1) is 10.6 Å². The number of nitrogens with zero attached hydrogens (tertiary/aromatic N) is 2. The van der Waals surface area contributed by atoms with Gasteiger partial charge in [0.1, 0.15) is 5.75 Å². The fraction of sp³-hybridized carbons (Fsp3) is 0.320. The molecule has 174 valence electrons. The highest BCUT2D eigenvalue weighted by atomic mass is 35.5. The van der Waals surface area contributed by atoms with Crippen molar-refractivity contribution in [3.63, 3.8) is 0 Å². The number of aryl methyl sites for hydroxylation is 1. The van der Waals surface area contributed by atoms with Crippen molar-refractivity contribution in [3.05, 3.63) is 64.9 Å². The third-order valence-electron chi connectivity index (χ3n) is 4.84. The lowest BCUT2D eigenvalue weighted by Crippen LogP contribution is -2.37. The summed E-state index contributed by atoms with van der Waals surface area (Å²) in [6.45, 7) is 6.99. The summed E-state index contributed by atoms with van der Waals surface area (Å²) in [5.74, 6) is 0.855. The molecule has 0 saturated heterocycles. The van der Waals surface area contributed by atoms with Crippen LogP contribution < -0.4 is 9.57 Å². The molecule has 0 amide bonds. The van der Waals surface area contributed by atoms with Gasteiger partial charge in [0.2, 0.25) is 5.89 Å². The molecule has 1 heterocycles. The highest BCUT2D eigenvalue weighted by molar-refractivity contribution is 6.33. The third kappa shape index (κ3) is 6.35. The van der Waals surface area contributed by atoms with Crippen molar-refractivity contribution < 1.29 is 23.9 Å². The third-order valence-corrected chi connectivity index (χ3v) is 5.17. The van der Waals surface area contributed by atoms with Crippen LogP contribution in [0.3, 0.4) is 0 Å². The van der Waals surface area contributed by atoms with Gasteiger partial charge in [-0.3, -0.25) is 0 Å². The van der Waals surface area contributed by atoms with E-state index in [0.717, 1.165) is 12.0 Å². The van der Waals surface area contributed by atoms with Crippen LogP contribution in [-0.2, 0) is 11.2 Å². The van der Waals surface area contributed by atoms with E-state index in [-0.39, 0.29) is 5.92 Å². The molecular formula is C25H27ClN2O5. The Morgan fingerprint density at radius 2 is 1.91 bits per heavy atom. The average molecular weight is 471 g/mol. The Kier molecular flexibility index (Phi) is 7.76. The number of hydrogen-bond donors (Lipinski definition) is 1. The maximum atomic E-state index is 11.2. The second-order valence-electron chi connectivity index (χ2n) is 8.30. The number of carboxylic acids is 1. The number of aromatic nitrogens is 1. The van der Waals surface area contributed by atoms with E-state index < -0.39 is 11.6 Å². The van der Waals surface area contributed by atoms with Gasteiger partial charge in [0.25, 0.3) is 5.88 Å². The first-order chi connectivity index (χ1) is 15.7. The van der Waals surface area contributed by atoms with E-state index >= 15 is 0 Å². The van der Waals surface area contributed by atoms with Crippen molar-refractivity contribution in [1.29, 1.82) is 0 Å². The van der Waals surface area contributed by atoms with Crippen LogP contribution in [0, 0.1) is 0 Å². The van der Waals surface area contributed by atoms with E-state index in [1.165, 1.54) is 13.8 Å². The zero-order valence-corrected chi connectivity index (χ0v) is 19.8. The van der Waals surface area contributed by atoms with Crippen molar-refractivity contribution in [2.75, 3.05) is 0 Å². The minimum atomic E-state index is -1.28. The van der Waals surface area contributed by atoms with Gasteiger partial charge in [0, 0.05) is 12.1 Å². The SMILES string of the molecule is CC(C)c1oc(-c2ccccc2Cl)nc1O/N=C/CCc1ccc(OC(C)(C)C(=O)O)cc1. The Balaban J connectivity index is 1.58. The van der Waals surface area contributed by atoms with Crippen LogP contribution in [-0.4, -0.2) is 27.9 Å². The molecule has 0 radical (unpaired) electrons. The number of oxime groups is 1. The average Bonchev–Trinajstić information content (AvgIpc) is 3.19. The highest BCUT2D eigenvalue weighted by Crippen LogP contribution is 2.34. The minimum absolute atomic E-state index is 0.0609. The van der Waals surface area contributed by atoms with Gasteiger partial charge in [-0.25, -0.2) is 4.79 Å². The lowest BCUT2D eigenvalue weighted by Gasteiger charge is -2.21. The number of rotatable bonds is 10. The number of benzene rings is 2. The van der Waals surface area contributed by atoms with Crippen LogP contribution in [0.5, 0.6) is 11.6 Å². The number of aliphatic carboxylic acids is 1. The molecule has 0 bridgehead atoms. The molecule has 3 aromatic rings. The standard InChI is InChI=1S/C25H27ClN2O5/c1-16(2)21-23(28-22(31-21)19-9-5-6-10-20(19)26)33-27-15-7-8-17-11-13-18(14-12-17)32-25(3,4)24(29)30/h5-6,9-16H,7-8H2,1-4H3,(H,29,30)/b27-15+. The highest BCUT2D eigenvalue weighted by Gasteiger charge is 2.29. The van der Waals surface area contributed by atoms with Crippen molar-refractivity contribution >= 4 is 23.8 Å². The molecule has 0 aliphatic heterocycles. The quantitative estimate of drug-likeness (QED) is 0.274. The predicted molar refractivity (Wildman–Crippen MR) is 127 cm³/mol. The van der Waals surface area contributed by atoms with Crippen LogP contribution in [0.15, 0.2) is 58.1 Å². The number of carboxylic acid groups (broad SMARTS) is 1. The van der Waals surface area contributed by atoms with Crippen LogP contribution in [0.1, 0.15) is 51.4 Å². The number of carbonyl (C=O) groups is 1. The monoisotopic (exact) mass is 470 g/mol. The fourth-order valence-corrected chi connectivity index (χ4v) is 3.15. The molecule has 1 N–H and O–H groups in total. The smallest absolute Gasteiger partial charge is 0.347 e. The van der Waals surface area contributed by atoms with E-state index in [9.17, 15) is 4.79 Å². The normalized spacial score (nSPS) is 11.8. The first kappa shape index (κ1) is 24.3. The van der Waals surface area contributed by atoms with Crippen LogP contribution in [0.4, 0.5) is 0 Å². The van der Waals surface area contributed by atoms with Crippen molar-refractivity contribution in [2.45, 2.75) is 52.1 Å². The van der Waals surface area contributed by atoms with Gasteiger partial charge in [-0.1, -0.05) is 54.9 Å². The summed E-state index contributed by atoms with van der Waals surface area (Å²) in [5.41, 5.74) is 0.471.